The quantitative estimate of drug-likeness (QED) is 0.138. The Kier molecular flexibility index (Phi) is 12.4. The molecule has 0 aliphatic carbocycles. The van der Waals surface area contributed by atoms with Crippen LogP contribution in [-0.4, -0.2) is 95.2 Å². The molecule has 3 fully saturated rings. The van der Waals surface area contributed by atoms with Crippen molar-refractivity contribution < 1.29 is 33.8 Å². The summed E-state index contributed by atoms with van der Waals surface area (Å²) in [6.07, 6.45) is 9.06. The lowest BCUT2D eigenvalue weighted by atomic mass is 9.70. The van der Waals surface area contributed by atoms with Crippen molar-refractivity contribution in [1.29, 1.82) is 0 Å². The molecular weight excluding hydrogens is 526 g/mol. The molecule has 0 aromatic heterocycles. The zero-order chi connectivity index (χ0) is 30.0. The van der Waals surface area contributed by atoms with Gasteiger partial charge >= 0.3 is 5.97 Å². The molecule has 0 radical (unpaired) electrons. The Morgan fingerprint density at radius 2 is 1.98 bits per heavy atom. The molecule has 41 heavy (non-hydrogen) atoms. The minimum atomic E-state index is -1.07. The Morgan fingerprint density at radius 3 is 2.66 bits per heavy atom. The number of nitrogens with one attached hydrogen (secondary N) is 1. The van der Waals surface area contributed by atoms with Gasteiger partial charge in [0, 0.05) is 32.7 Å². The average Bonchev–Trinajstić information content (AvgIpc) is 3.60. The molecule has 10 heteroatoms. The normalized spacial score (nSPS) is 26.9. The van der Waals surface area contributed by atoms with Crippen LogP contribution in [0.1, 0.15) is 78.1 Å². The number of allylic oxidation sites excluding steroid dienone is 1. The van der Waals surface area contributed by atoms with E-state index in [1.54, 1.807) is 28.9 Å². The van der Waals surface area contributed by atoms with E-state index in [4.69, 9.17) is 14.6 Å². The second-order valence-corrected chi connectivity index (χ2v) is 11.5. The van der Waals surface area contributed by atoms with Crippen molar-refractivity contribution in [2.75, 3.05) is 32.8 Å². The standard InChI is InChI=1S/C31H49N3O7/c1-5-8-14-24(36)32-21-22(4)40-30(39)25-23-15-16-31(41-23)26(25)28(37)34(19-12-10-11-13-20-35)27(31)29(38)33(17-7-3)18-9-6-2/h5,7,22-23,25-27,35H,1,3,6,8-21H2,2,4H3,(H,32,36)/t22-,23+,25-,26-,27+,31-/m0/s1. The van der Waals surface area contributed by atoms with E-state index >= 15 is 0 Å². The van der Waals surface area contributed by atoms with Crippen molar-refractivity contribution in [3.05, 3.63) is 25.3 Å². The summed E-state index contributed by atoms with van der Waals surface area (Å²) < 4.78 is 12.2. The Labute approximate surface area is 244 Å². The van der Waals surface area contributed by atoms with Crippen LogP contribution in [0.25, 0.3) is 0 Å². The number of aliphatic hydroxyl groups excluding tert-OH is 1. The molecule has 3 amide bonds. The van der Waals surface area contributed by atoms with Crippen LogP contribution in [0.3, 0.4) is 0 Å². The first-order chi connectivity index (χ1) is 19.7. The fraction of sp³-hybridized carbons (Fsp3) is 0.742. The summed E-state index contributed by atoms with van der Waals surface area (Å²) in [5.41, 5.74) is -1.07. The number of unbranched alkanes of at least 4 members (excludes halogenated alkanes) is 4. The maximum Gasteiger partial charge on any atom is 0.312 e. The molecule has 0 aromatic carbocycles. The number of aliphatic hydroxyl groups is 1. The predicted octanol–water partition coefficient (Wildman–Crippen LogP) is 2.74. The lowest BCUT2D eigenvalue weighted by Gasteiger charge is -2.36. The van der Waals surface area contributed by atoms with Crippen LogP contribution in [0.15, 0.2) is 25.3 Å². The van der Waals surface area contributed by atoms with Gasteiger partial charge < -0.3 is 29.7 Å². The van der Waals surface area contributed by atoms with Crippen LogP contribution in [0.5, 0.6) is 0 Å². The minimum absolute atomic E-state index is 0.124. The summed E-state index contributed by atoms with van der Waals surface area (Å²) in [4.78, 5) is 57.1. The zero-order valence-electron chi connectivity index (χ0n) is 24.9. The lowest BCUT2D eigenvalue weighted by molar-refractivity contribution is -0.159. The summed E-state index contributed by atoms with van der Waals surface area (Å²) in [7, 11) is 0. The maximum absolute atomic E-state index is 14.1. The van der Waals surface area contributed by atoms with Gasteiger partial charge in [-0.05, 0) is 45.4 Å². The highest BCUT2D eigenvalue weighted by Gasteiger charge is 2.75. The van der Waals surface area contributed by atoms with E-state index in [9.17, 15) is 19.2 Å². The van der Waals surface area contributed by atoms with E-state index < -0.39 is 41.7 Å². The van der Waals surface area contributed by atoms with Gasteiger partial charge in [-0.3, -0.25) is 19.2 Å². The van der Waals surface area contributed by atoms with E-state index in [1.807, 2.05) is 0 Å². The second kappa shape index (κ2) is 15.5. The minimum Gasteiger partial charge on any atom is -0.460 e. The Hall–Kier alpha value is -2.72. The SMILES string of the molecule is C=CCCC(=O)NC[C@H](C)OC(=O)[C@@H]1[C@H]2C(=O)N(CCCCCCO)[C@H](C(=O)N(CC=C)CCCC)[C@]23CC[C@H]1O3. The first-order valence-corrected chi connectivity index (χ1v) is 15.3. The summed E-state index contributed by atoms with van der Waals surface area (Å²) >= 11 is 0. The molecule has 6 atom stereocenters. The zero-order valence-corrected chi connectivity index (χ0v) is 24.9. The first kappa shape index (κ1) is 32.8. The predicted molar refractivity (Wildman–Crippen MR) is 155 cm³/mol. The van der Waals surface area contributed by atoms with Crippen molar-refractivity contribution in [2.45, 2.75) is 102 Å². The summed E-state index contributed by atoms with van der Waals surface area (Å²) in [5, 5.41) is 11.9. The van der Waals surface area contributed by atoms with Gasteiger partial charge in [-0.1, -0.05) is 38.3 Å². The summed E-state index contributed by atoms with van der Waals surface area (Å²) in [5.74, 6) is -2.64. The monoisotopic (exact) mass is 575 g/mol. The van der Waals surface area contributed by atoms with E-state index in [2.05, 4.69) is 25.4 Å². The highest BCUT2D eigenvalue weighted by Crippen LogP contribution is 2.58. The van der Waals surface area contributed by atoms with Crippen LogP contribution in [0.2, 0.25) is 0 Å². The molecule has 3 aliphatic heterocycles. The van der Waals surface area contributed by atoms with Gasteiger partial charge in [-0.25, -0.2) is 0 Å². The molecule has 0 unspecified atom stereocenters. The molecule has 2 N–H and O–H groups in total. The average molecular weight is 576 g/mol. The number of fused-ring (bicyclic) bond motifs is 1. The van der Waals surface area contributed by atoms with Gasteiger partial charge in [0.25, 0.3) is 0 Å². The van der Waals surface area contributed by atoms with Crippen molar-refractivity contribution in [3.8, 4) is 0 Å². The largest absolute Gasteiger partial charge is 0.460 e. The topological polar surface area (TPSA) is 125 Å². The smallest absolute Gasteiger partial charge is 0.312 e. The molecule has 230 valence electrons. The van der Waals surface area contributed by atoms with Crippen LogP contribution >= 0.6 is 0 Å². The van der Waals surface area contributed by atoms with Gasteiger partial charge in [0.1, 0.15) is 17.7 Å². The number of hydrogen-bond acceptors (Lipinski definition) is 7. The van der Waals surface area contributed by atoms with Crippen LogP contribution in [0.4, 0.5) is 0 Å². The third kappa shape index (κ3) is 7.38. The van der Waals surface area contributed by atoms with Gasteiger partial charge in [0.15, 0.2) is 0 Å². The van der Waals surface area contributed by atoms with Crippen LogP contribution in [0, 0.1) is 11.8 Å². The van der Waals surface area contributed by atoms with E-state index in [0.29, 0.717) is 58.2 Å². The molecule has 10 nitrogen and oxygen atoms in total. The number of esters is 1. The number of carbonyl (C=O) groups excluding carboxylic acids is 4. The fourth-order valence-corrected chi connectivity index (χ4v) is 6.56. The van der Waals surface area contributed by atoms with Crippen molar-refractivity contribution in [1.82, 2.24) is 15.1 Å². The molecule has 0 aromatic rings. The molecule has 3 aliphatic rings. The van der Waals surface area contributed by atoms with Gasteiger partial charge in [-0.2, -0.15) is 0 Å². The second-order valence-electron chi connectivity index (χ2n) is 11.5. The number of carbonyl (C=O) groups is 4. The van der Waals surface area contributed by atoms with Crippen LogP contribution < -0.4 is 5.32 Å². The molecule has 1 spiro atoms. The third-order valence-corrected chi connectivity index (χ3v) is 8.54. The van der Waals surface area contributed by atoms with Crippen molar-refractivity contribution in [2.24, 2.45) is 11.8 Å². The summed E-state index contributed by atoms with van der Waals surface area (Å²) in [6.45, 7) is 12.8. The molecule has 3 saturated heterocycles. The third-order valence-electron chi connectivity index (χ3n) is 8.54. The highest BCUT2D eigenvalue weighted by molar-refractivity contribution is 5.98. The number of ether oxygens (including phenoxy) is 2. The molecule has 3 rings (SSSR count). The Morgan fingerprint density at radius 1 is 1.22 bits per heavy atom. The van der Waals surface area contributed by atoms with Crippen LogP contribution in [-0.2, 0) is 28.7 Å². The molecule has 2 bridgehead atoms. The number of nitrogens with zero attached hydrogens (tertiary/aromatic N) is 2. The number of hydrogen-bond donors (Lipinski definition) is 2. The Bertz CT molecular complexity index is 956. The highest BCUT2D eigenvalue weighted by atomic mass is 16.6. The van der Waals surface area contributed by atoms with Gasteiger partial charge in [0.05, 0.1) is 24.5 Å². The van der Waals surface area contributed by atoms with E-state index in [1.165, 1.54) is 0 Å². The van der Waals surface area contributed by atoms with Crippen molar-refractivity contribution in [3.63, 3.8) is 0 Å². The number of likely N-dealkylation sites (tertiary alicyclic amines) is 1. The maximum atomic E-state index is 14.1. The lowest BCUT2D eigenvalue weighted by Crippen LogP contribution is -2.56. The van der Waals surface area contributed by atoms with E-state index in [-0.39, 0.29) is 30.9 Å². The molecular formula is C31H49N3O7. The van der Waals surface area contributed by atoms with Gasteiger partial charge in [-0.15, -0.1) is 13.2 Å². The Balaban J connectivity index is 1.80. The number of amides is 3. The molecule has 3 heterocycles. The number of rotatable bonds is 19. The summed E-state index contributed by atoms with van der Waals surface area (Å²) in [6, 6.07) is -0.806. The van der Waals surface area contributed by atoms with Gasteiger partial charge in [0.2, 0.25) is 17.7 Å². The van der Waals surface area contributed by atoms with Crippen molar-refractivity contribution >= 4 is 23.7 Å². The molecule has 0 saturated carbocycles. The first-order valence-electron chi connectivity index (χ1n) is 15.3. The van der Waals surface area contributed by atoms with E-state index in [0.717, 1.165) is 25.7 Å². The fourth-order valence-electron chi connectivity index (χ4n) is 6.56.